The highest BCUT2D eigenvalue weighted by Gasteiger charge is 2.20. The molecular weight excluding hydrogens is 655 g/mol. The monoisotopic (exact) mass is 685 g/mol. The molecule has 3 heteroatoms. The molecule has 10 aromatic rings. The van der Waals surface area contributed by atoms with Gasteiger partial charge in [0.25, 0.3) is 0 Å². The molecule has 0 N–H and O–H groups in total. The largest absolute Gasteiger partial charge is 0.309 e. The van der Waals surface area contributed by atoms with Gasteiger partial charge in [-0.1, -0.05) is 152 Å². The fraction of sp³-hybridized carbons (Fsp3) is 0. The predicted molar refractivity (Wildman–Crippen MR) is 223 cm³/mol. The van der Waals surface area contributed by atoms with Gasteiger partial charge in [0.1, 0.15) is 0 Å². The van der Waals surface area contributed by atoms with Gasteiger partial charge < -0.3 is 4.90 Å². The second-order valence-corrected chi connectivity index (χ2v) is 15.0. The van der Waals surface area contributed by atoms with Gasteiger partial charge >= 0.3 is 0 Å². The first kappa shape index (κ1) is 29.9. The Morgan fingerprint density at radius 1 is 0.294 bits per heavy atom. The fourth-order valence-electron chi connectivity index (χ4n) is 7.45. The van der Waals surface area contributed by atoms with E-state index in [1.807, 2.05) is 22.7 Å². The third-order valence-corrected chi connectivity index (χ3v) is 12.4. The van der Waals surface area contributed by atoms with E-state index in [0.717, 1.165) is 11.4 Å². The van der Waals surface area contributed by atoms with Crippen LogP contribution in [-0.4, -0.2) is 0 Å². The maximum Gasteiger partial charge on any atom is 0.0640 e. The van der Waals surface area contributed by atoms with Gasteiger partial charge in [-0.3, -0.25) is 0 Å². The molecule has 2 heterocycles. The number of thiophene rings is 2. The van der Waals surface area contributed by atoms with E-state index in [-0.39, 0.29) is 0 Å². The minimum atomic E-state index is 1.13. The third kappa shape index (κ3) is 5.13. The summed E-state index contributed by atoms with van der Waals surface area (Å²) in [4.78, 5) is 2.43. The number of fused-ring (bicyclic) bond motifs is 6. The summed E-state index contributed by atoms with van der Waals surface area (Å²) in [5, 5.41) is 5.23. The Bertz CT molecular complexity index is 2830. The van der Waals surface area contributed by atoms with Crippen LogP contribution in [0, 0.1) is 0 Å². The molecule has 0 amide bonds. The summed E-state index contributed by atoms with van der Waals surface area (Å²) in [6.07, 6.45) is 0. The van der Waals surface area contributed by atoms with Gasteiger partial charge in [0.2, 0.25) is 0 Å². The topological polar surface area (TPSA) is 3.24 Å². The van der Waals surface area contributed by atoms with Crippen LogP contribution in [-0.2, 0) is 0 Å². The van der Waals surface area contributed by atoms with Gasteiger partial charge in [-0.15, -0.1) is 22.7 Å². The van der Waals surface area contributed by atoms with Crippen molar-refractivity contribution in [3.63, 3.8) is 0 Å². The van der Waals surface area contributed by atoms with E-state index >= 15 is 0 Å². The average Bonchev–Trinajstić information content (AvgIpc) is 3.79. The SMILES string of the molecule is c1ccc(-c2ccc(N(c3ccc(-c4cccc5c4sc4ccccc45)cc3)c3cccc4c3sc3c(-c5ccccc5)cccc34)cc2)cc1. The first-order valence-corrected chi connectivity index (χ1v) is 18.9. The molecule has 1 nitrogen and oxygen atoms in total. The normalized spacial score (nSPS) is 11.5. The number of benzene rings is 8. The lowest BCUT2D eigenvalue weighted by atomic mass is 10.0. The zero-order valence-electron chi connectivity index (χ0n) is 27.7. The van der Waals surface area contributed by atoms with Crippen molar-refractivity contribution in [1.82, 2.24) is 0 Å². The summed E-state index contributed by atoms with van der Waals surface area (Å²) in [5.41, 5.74) is 10.9. The van der Waals surface area contributed by atoms with Gasteiger partial charge in [0.05, 0.1) is 10.4 Å². The Kier molecular flexibility index (Phi) is 7.26. The highest BCUT2D eigenvalue weighted by atomic mass is 32.1. The Labute approximate surface area is 304 Å². The third-order valence-electron chi connectivity index (χ3n) is 9.90. The molecule has 0 saturated carbocycles. The second kappa shape index (κ2) is 12.4. The molecule has 0 unspecified atom stereocenters. The second-order valence-electron chi connectivity index (χ2n) is 12.9. The molecule has 0 bridgehead atoms. The van der Waals surface area contributed by atoms with Crippen LogP contribution in [0.1, 0.15) is 0 Å². The van der Waals surface area contributed by atoms with Crippen LogP contribution in [0.5, 0.6) is 0 Å². The Morgan fingerprint density at radius 3 is 1.41 bits per heavy atom. The van der Waals surface area contributed by atoms with Gasteiger partial charge in [-0.05, 0) is 69.8 Å². The van der Waals surface area contributed by atoms with E-state index < -0.39 is 0 Å². The number of hydrogen-bond acceptors (Lipinski definition) is 3. The van der Waals surface area contributed by atoms with Crippen LogP contribution < -0.4 is 4.90 Å². The maximum absolute atomic E-state index is 2.43. The zero-order valence-corrected chi connectivity index (χ0v) is 29.3. The molecule has 0 spiro atoms. The van der Waals surface area contributed by atoms with E-state index in [1.54, 1.807) is 0 Å². The zero-order chi connectivity index (χ0) is 33.7. The van der Waals surface area contributed by atoms with Crippen molar-refractivity contribution in [3.8, 4) is 33.4 Å². The minimum absolute atomic E-state index is 1.13. The maximum atomic E-state index is 2.43. The van der Waals surface area contributed by atoms with Crippen molar-refractivity contribution in [3.05, 3.63) is 188 Å². The summed E-state index contributed by atoms with van der Waals surface area (Å²) in [7, 11) is 0. The van der Waals surface area contributed by atoms with E-state index in [9.17, 15) is 0 Å². The van der Waals surface area contributed by atoms with Gasteiger partial charge in [-0.2, -0.15) is 0 Å². The van der Waals surface area contributed by atoms with Crippen LogP contribution in [0.15, 0.2) is 188 Å². The molecule has 8 aromatic carbocycles. The van der Waals surface area contributed by atoms with E-state index in [0.29, 0.717) is 0 Å². The molecule has 0 radical (unpaired) electrons. The van der Waals surface area contributed by atoms with Crippen molar-refractivity contribution in [2.75, 3.05) is 4.90 Å². The van der Waals surface area contributed by atoms with Crippen molar-refractivity contribution in [1.29, 1.82) is 0 Å². The average molecular weight is 686 g/mol. The number of anilines is 3. The molecule has 51 heavy (non-hydrogen) atoms. The van der Waals surface area contributed by atoms with Crippen molar-refractivity contribution in [2.24, 2.45) is 0 Å². The quantitative estimate of drug-likeness (QED) is 0.168. The number of hydrogen-bond donors (Lipinski definition) is 0. The van der Waals surface area contributed by atoms with Crippen molar-refractivity contribution >= 4 is 80.1 Å². The number of rotatable bonds is 6. The Morgan fingerprint density at radius 2 is 0.745 bits per heavy atom. The molecule has 2 aromatic heterocycles. The van der Waals surface area contributed by atoms with Crippen LogP contribution in [0.3, 0.4) is 0 Å². The number of nitrogens with zero attached hydrogens (tertiary/aromatic N) is 1. The Hall–Kier alpha value is -6.00. The molecule has 240 valence electrons. The van der Waals surface area contributed by atoms with E-state index in [1.165, 1.54) is 79.4 Å². The lowest BCUT2D eigenvalue weighted by molar-refractivity contribution is 1.30. The summed E-state index contributed by atoms with van der Waals surface area (Å²) in [6.45, 7) is 0. The predicted octanol–water partition coefficient (Wildman–Crippen LogP) is 14.9. The summed E-state index contributed by atoms with van der Waals surface area (Å²) in [6, 6.07) is 68.4. The minimum Gasteiger partial charge on any atom is -0.309 e. The lowest BCUT2D eigenvalue weighted by Gasteiger charge is -2.26. The van der Waals surface area contributed by atoms with E-state index in [4.69, 9.17) is 0 Å². The summed E-state index contributed by atoms with van der Waals surface area (Å²) < 4.78 is 5.26. The smallest absolute Gasteiger partial charge is 0.0640 e. The molecular formula is C48H31NS2. The molecule has 0 fully saturated rings. The van der Waals surface area contributed by atoms with E-state index in [2.05, 4.69) is 193 Å². The first-order valence-electron chi connectivity index (χ1n) is 17.3. The standard InChI is InChI=1S/C48H31NS2/c1-3-12-32(13-4-1)33-24-28-36(29-25-33)49(37-30-26-35(27-31-37)39-18-9-19-41-40-16-7-8-23-45(40)50-46(39)41)44-22-11-21-43-42-20-10-17-38(47(42)51-48(43)44)34-14-5-2-6-15-34/h1-31H. The fourth-order valence-corrected chi connectivity index (χ4v) is 10.0. The highest BCUT2D eigenvalue weighted by molar-refractivity contribution is 7.27. The van der Waals surface area contributed by atoms with Crippen LogP contribution >= 0.6 is 22.7 Å². The van der Waals surface area contributed by atoms with Crippen molar-refractivity contribution < 1.29 is 0 Å². The molecule has 0 aliphatic rings. The van der Waals surface area contributed by atoms with Crippen LogP contribution in [0.2, 0.25) is 0 Å². The Balaban J connectivity index is 1.14. The van der Waals surface area contributed by atoms with Gasteiger partial charge in [-0.25, -0.2) is 0 Å². The highest BCUT2D eigenvalue weighted by Crippen LogP contribution is 2.48. The molecule has 10 rings (SSSR count). The lowest BCUT2D eigenvalue weighted by Crippen LogP contribution is -2.10. The molecule has 0 aliphatic heterocycles. The molecule has 0 aliphatic carbocycles. The summed E-state index contributed by atoms with van der Waals surface area (Å²) >= 11 is 3.77. The van der Waals surface area contributed by atoms with Crippen LogP contribution in [0.4, 0.5) is 17.1 Å². The molecule has 0 saturated heterocycles. The van der Waals surface area contributed by atoms with Crippen LogP contribution in [0.25, 0.3) is 73.7 Å². The van der Waals surface area contributed by atoms with Crippen molar-refractivity contribution in [2.45, 2.75) is 0 Å². The van der Waals surface area contributed by atoms with Gasteiger partial charge in [0.15, 0.2) is 0 Å². The van der Waals surface area contributed by atoms with Gasteiger partial charge in [0, 0.05) is 47.0 Å². The first-order chi connectivity index (χ1) is 25.3. The molecule has 0 atom stereocenters. The summed E-state index contributed by atoms with van der Waals surface area (Å²) in [5.74, 6) is 0.